The molecule has 0 fully saturated rings. The largest absolute Gasteiger partial charge is 0.468 e. The molecule has 0 atom stereocenters. The second-order valence-corrected chi connectivity index (χ2v) is 7.13. The van der Waals surface area contributed by atoms with Crippen molar-refractivity contribution in [3.63, 3.8) is 0 Å². The number of fused-ring (bicyclic) bond motifs is 2. The molecule has 10 heteroatoms. The van der Waals surface area contributed by atoms with E-state index >= 15 is 0 Å². The maximum absolute atomic E-state index is 12.7. The lowest BCUT2D eigenvalue weighted by molar-refractivity contribution is -0.141. The smallest absolute Gasteiger partial charge is 0.325 e. The van der Waals surface area contributed by atoms with Gasteiger partial charge in [-0.2, -0.15) is 10.1 Å². The average molecular weight is 402 g/mol. The first-order valence-corrected chi connectivity index (χ1v) is 9.45. The molecule has 0 bridgehead atoms. The number of amides is 1. The van der Waals surface area contributed by atoms with Crippen molar-refractivity contribution in [3.05, 3.63) is 34.4 Å². The Morgan fingerprint density at radius 2 is 2.04 bits per heavy atom. The zero-order chi connectivity index (χ0) is 19.8. The maximum Gasteiger partial charge on any atom is 0.325 e. The predicted molar refractivity (Wildman–Crippen MR) is 100 cm³/mol. The second kappa shape index (κ2) is 7.12. The van der Waals surface area contributed by atoms with Crippen molar-refractivity contribution in [2.45, 2.75) is 26.9 Å². The Bertz CT molecular complexity index is 1160. The van der Waals surface area contributed by atoms with Crippen molar-refractivity contribution >= 4 is 33.4 Å². The molecule has 28 heavy (non-hydrogen) atoms. The van der Waals surface area contributed by atoms with Crippen LogP contribution in [0.1, 0.15) is 23.1 Å². The second-order valence-electron chi connectivity index (χ2n) is 6.12. The Morgan fingerprint density at radius 3 is 2.71 bits per heavy atom. The molecule has 4 rings (SSSR count). The quantitative estimate of drug-likeness (QED) is 0.618. The number of nitrogens with zero attached hydrogens (tertiary/aromatic N) is 4. The van der Waals surface area contributed by atoms with Crippen LogP contribution in [0, 0.1) is 6.92 Å². The van der Waals surface area contributed by atoms with Gasteiger partial charge in [-0.1, -0.05) is 11.3 Å². The summed E-state index contributed by atoms with van der Waals surface area (Å²) in [4.78, 5) is 29.2. The van der Waals surface area contributed by atoms with Crippen LogP contribution in [0.5, 0.6) is 11.5 Å². The minimum Gasteiger partial charge on any atom is -0.468 e. The Labute approximate surface area is 163 Å². The summed E-state index contributed by atoms with van der Waals surface area (Å²) in [7, 11) is 1.31. The van der Waals surface area contributed by atoms with Gasteiger partial charge in [-0.05, 0) is 19.9 Å². The lowest BCUT2D eigenvalue weighted by Crippen LogP contribution is -2.22. The molecular formula is C18H18N4O5S. The fourth-order valence-corrected chi connectivity index (χ4v) is 4.01. The number of aromatic nitrogens is 3. The van der Waals surface area contributed by atoms with Crippen molar-refractivity contribution in [1.82, 2.24) is 14.3 Å². The molecule has 0 radical (unpaired) electrons. The molecule has 1 aliphatic heterocycles. The molecule has 0 unspecified atom stereocenters. The molecule has 0 N–H and O–H groups in total. The monoisotopic (exact) mass is 402 g/mol. The number of methoxy groups -OCH3 is 1. The fourth-order valence-electron chi connectivity index (χ4n) is 2.97. The van der Waals surface area contributed by atoms with E-state index in [2.05, 4.69) is 10.1 Å². The van der Waals surface area contributed by atoms with Crippen LogP contribution >= 0.6 is 11.3 Å². The van der Waals surface area contributed by atoms with Crippen LogP contribution in [0.25, 0.3) is 10.2 Å². The van der Waals surface area contributed by atoms with Gasteiger partial charge in [0.25, 0.3) is 5.91 Å². The molecule has 0 aliphatic carbocycles. The van der Waals surface area contributed by atoms with E-state index in [1.165, 1.54) is 18.4 Å². The summed E-state index contributed by atoms with van der Waals surface area (Å²) in [5.41, 5.74) is 1.85. The van der Waals surface area contributed by atoms with Gasteiger partial charge in [0.15, 0.2) is 22.0 Å². The van der Waals surface area contributed by atoms with Gasteiger partial charge >= 0.3 is 5.97 Å². The lowest BCUT2D eigenvalue weighted by Gasteiger charge is -2.04. The zero-order valence-electron chi connectivity index (χ0n) is 15.6. The summed E-state index contributed by atoms with van der Waals surface area (Å²) in [5, 5.41) is 4.27. The molecule has 9 nitrogen and oxygen atoms in total. The molecular weight excluding hydrogens is 384 g/mol. The summed E-state index contributed by atoms with van der Waals surface area (Å²) >= 11 is 1.28. The Kier molecular flexibility index (Phi) is 4.63. The third-order valence-electron chi connectivity index (χ3n) is 4.39. The summed E-state index contributed by atoms with van der Waals surface area (Å²) in [6.45, 7) is 4.57. The third-order valence-corrected chi connectivity index (χ3v) is 5.43. The minimum absolute atomic E-state index is 0.0787. The number of carbonyl (C=O) groups is 2. The lowest BCUT2D eigenvalue weighted by atomic mass is 10.3. The van der Waals surface area contributed by atoms with Crippen LogP contribution in [-0.2, 0) is 22.6 Å². The van der Waals surface area contributed by atoms with E-state index in [0.29, 0.717) is 28.4 Å². The van der Waals surface area contributed by atoms with E-state index in [-0.39, 0.29) is 19.0 Å². The predicted octanol–water partition coefficient (Wildman–Crippen LogP) is 1.87. The number of benzene rings is 1. The summed E-state index contributed by atoms with van der Waals surface area (Å²) < 4.78 is 19.8. The fraction of sp³-hybridized carbons (Fsp3) is 0.333. The summed E-state index contributed by atoms with van der Waals surface area (Å²) in [6, 6.07) is 5.29. The summed E-state index contributed by atoms with van der Waals surface area (Å²) in [6.07, 6.45) is 0. The Morgan fingerprint density at radius 1 is 1.29 bits per heavy atom. The number of ether oxygens (including phenoxy) is 3. The molecule has 3 aromatic rings. The Balaban J connectivity index is 1.84. The number of hydrogen-bond acceptors (Lipinski definition) is 7. The normalized spacial score (nSPS) is 13.3. The zero-order valence-corrected chi connectivity index (χ0v) is 16.4. The van der Waals surface area contributed by atoms with Gasteiger partial charge in [0.05, 0.1) is 17.3 Å². The van der Waals surface area contributed by atoms with Crippen LogP contribution in [0.2, 0.25) is 0 Å². The molecule has 1 aliphatic rings. The van der Waals surface area contributed by atoms with E-state index in [9.17, 15) is 9.59 Å². The van der Waals surface area contributed by atoms with E-state index in [0.717, 1.165) is 10.4 Å². The summed E-state index contributed by atoms with van der Waals surface area (Å²) in [5.74, 6) is 0.283. The van der Waals surface area contributed by atoms with Crippen molar-refractivity contribution in [2.75, 3.05) is 13.9 Å². The minimum atomic E-state index is -0.472. The standard InChI is InChI=1S/C18H18N4O5S/c1-4-22-10(2)5-11(20-22)17(24)19-18-21(8-16(23)25-3)12-6-13-14(27-9-26-13)7-15(12)28-18/h5-7H,4,8-9H2,1-3H3. The first-order valence-electron chi connectivity index (χ1n) is 8.63. The van der Waals surface area contributed by atoms with Crippen molar-refractivity contribution < 1.29 is 23.8 Å². The molecule has 2 aromatic heterocycles. The van der Waals surface area contributed by atoms with Crippen LogP contribution < -0.4 is 14.3 Å². The van der Waals surface area contributed by atoms with Gasteiger partial charge in [0.1, 0.15) is 6.54 Å². The van der Waals surface area contributed by atoms with Crippen molar-refractivity contribution in [1.29, 1.82) is 0 Å². The van der Waals surface area contributed by atoms with Crippen LogP contribution in [0.3, 0.4) is 0 Å². The first kappa shape index (κ1) is 18.2. The van der Waals surface area contributed by atoms with Crippen molar-refractivity contribution in [3.8, 4) is 11.5 Å². The highest BCUT2D eigenvalue weighted by molar-refractivity contribution is 7.16. The van der Waals surface area contributed by atoms with E-state index in [4.69, 9.17) is 14.2 Å². The first-order chi connectivity index (χ1) is 13.5. The Hall–Kier alpha value is -3.14. The van der Waals surface area contributed by atoms with Crippen LogP contribution in [0.15, 0.2) is 23.2 Å². The van der Waals surface area contributed by atoms with Crippen LogP contribution in [-0.4, -0.2) is 40.1 Å². The van der Waals surface area contributed by atoms with Gasteiger partial charge in [0, 0.05) is 24.4 Å². The molecule has 1 aromatic carbocycles. The highest BCUT2D eigenvalue weighted by Crippen LogP contribution is 2.37. The maximum atomic E-state index is 12.7. The average Bonchev–Trinajstić information content (AvgIpc) is 3.37. The van der Waals surface area contributed by atoms with Crippen molar-refractivity contribution in [2.24, 2.45) is 4.99 Å². The highest BCUT2D eigenvalue weighted by Gasteiger charge is 2.20. The van der Waals surface area contributed by atoms with E-state index in [1.807, 2.05) is 19.9 Å². The highest BCUT2D eigenvalue weighted by atomic mass is 32.1. The molecule has 146 valence electrons. The van der Waals surface area contributed by atoms with Gasteiger partial charge in [-0.15, -0.1) is 0 Å². The number of aryl methyl sites for hydroxylation is 2. The number of hydrogen-bond donors (Lipinski definition) is 0. The number of thiazole rings is 1. The molecule has 0 saturated heterocycles. The van der Waals surface area contributed by atoms with Crippen LogP contribution in [0.4, 0.5) is 0 Å². The van der Waals surface area contributed by atoms with Gasteiger partial charge < -0.3 is 18.8 Å². The molecule has 3 heterocycles. The topological polar surface area (TPSA) is 96.9 Å². The van der Waals surface area contributed by atoms with E-state index < -0.39 is 11.9 Å². The molecule has 0 saturated carbocycles. The molecule has 0 spiro atoms. The number of esters is 1. The van der Waals surface area contributed by atoms with Gasteiger partial charge in [-0.3, -0.25) is 14.3 Å². The number of carbonyl (C=O) groups excluding carboxylic acids is 2. The van der Waals surface area contributed by atoms with E-state index in [1.54, 1.807) is 21.4 Å². The van der Waals surface area contributed by atoms with Gasteiger partial charge in [-0.25, -0.2) is 0 Å². The molecule has 1 amide bonds. The van der Waals surface area contributed by atoms with Gasteiger partial charge in [0.2, 0.25) is 6.79 Å². The number of rotatable bonds is 4. The SMILES string of the molecule is CCn1nc(C(=O)N=c2sc3cc4c(cc3n2CC(=O)OC)OCO4)cc1C. The third kappa shape index (κ3) is 3.15.